The number of carbonyl (C=O) groups is 1. The van der Waals surface area contributed by atoms with Crippen LogP contribution in [-0.4, -0.2) is 25.2 Å². The smallest absolute Gasteiger partial charge is 0.346 e. The second kappa shape index (κ2) is 6.77. The third kappa shape index (κ3) is 6.45. The number of rotatable bonds is 5. The predicted molar refractivity (Wildman–Crippen MR) is 66.9 cm³/mol. The summed E-state index contributed by atoms with van der Waals surface area (Å²) in [4.78, 5) is 11.2. The molecular weight excluding hydrogens is 281 g/mol. The van der Waals surface area contributed by atoms with Gasteiger partial charge in [0.2, 0.25) is 5.91 Å². The number of amides is 1. The van der Waals surface area contributed by atoms with E-state index in [1.54, 1.807) is 36.5 Å². The molecule has 0 aliphatic carbocycles. The highest BCUT2D eigenvalue weighted by molar-refractivity contribution is 6.30. The van der Waals surface area contributed by atoms with Gasteiger partial charge in [-0.3, -0.25) is 4.79 Å². The molecule has 1 atom stereocenters. The Hall–Kier alpha value is -1.27. The van der Waals surface area contributed by atoms with E-state index in [1.165, 1.54) is 0 Å². The van der Waals surface area contributed by atoms with Crippen LogP contribution < -0.4 is 10.6 Å². The van der Waals surface area contributed by atoms with E-state index in [2.05, 4.69) is 5.32 Å². The zero-order valence-electron chi connectivity index (χ0n) is 10.2. The van der Waals surface area contributed by atoms with Gasteiger partial charge in [0.25, 0.3) is 0 Å². The number of benzene rings is 1. The molecule has 0 spiro atoms. The zero-order chi connectivity index (χ0) is 14.5. The topological polar surface area (TPSA) is 41.1 Å². The minimum atomic E-state index is -4.39. The highest BCUT2D eigenvalue weighted by Gasteiger charge is 2.27. The molecule has 0 saturated carbocycles. The fourth-order valence-corrected chi connectivity index (χ4v) is 1.50. The maximum absolute atomic E-state index is 11.9. The van der Waals surface area contributed by atoms with Crippen molar-refractivity contribution in [2.75, 3.05) is 13.1 Å². The lowest BCUT2D eigenvalue weighted by Crippen LogP contribution is -2.39. The minimum absolute atomic E-state index is 0.158. The van der Waals surface area contributed by atoms with Gasteiger partial charge in [0.15, 0.2) is 0 Å². The first-order valence-electron chi connectivity index (χ1n) is 5.60. The summed E-state index contributed by atoms with van der Waals surface area (Å²) in [6, 6.07) is 6.83. The van der Waals surface area contributed by atoms with Crippen molar-refractivity contribution < 1.29 is 18.0 Å². The van der Waals surface area contributed by atoms with Crippen molar-refractivity contribution in [3.63, 3.8) is 0 Å². The van der Waals surface area contributed by atoms with Crippen LogP contribution in [0.2, 0.25) is 5.02 Å². The maximum Gasteiger partial charge on any atom is 0.405 e. The average molecular weight is 295 g/mol. The summed E-state index contributed by atoms with van der Waals surface area (Å²) in [7, 11) is 0. The molecule has 7 heteroatoms. The summed E-state index contributed by atoms with van der Waals surface area (Å²) in [5.74, 6) is -0.696. The normalized spacial score (nSPS) is 13.1. The van der Waals surface area contributed by atoms with Gasteiger partial charge in [-0.1, -0.05) is 23.7 Å². The highest BCUT2D eigenvalue weighted by Crippen LogP contribution is 2.15. The summed E-state index contributed by atoms with van der Waals surface area (Å²) in [6.45, 7) is 0.309. The van der Waals surface area contributed by atoms with Crippen LogP contribution in [0.15, 0.2) is 24.3 Å². The Labute approximate surface area is 114 Å². The average Bonchev–Trinajstić information content (AvgIpc) is 2.33. The third-order valence-corrected chi connectivity index (χ3v) is 2.68. The van der Waals surface area contributed by atoms with E-state index >= 15 is 0 Å². The molecule has 1 unspecified atom stereocenters. The molecule has 0 radical (unpaired) electrons. The molecule has 0 aromatic heterocycles. The van der Waals surface area contributed by atoms with Gasteiger partial charge in [-0.25, -0.2) is 0 Å². The molecule has 0 bridgehead atoms. The number of alkyl halides is 3. The Kier molecular flexibility index (Phi) is 5.62. The number of carbonyl (C=O) groups excluding carboxylic acids is 1. The fraction of sp³-hybridized carbons (Fsp3) is 0.417. The van der Waals surface area contributed by atoms with E-state index in [4.69, 9.17) is 11.6 Å². The first kappa shape index (κ1) is 15.8. The molecule has 1 amide bonds. The Morgan fingerprint density at radius 2 is 1.89 bits per heavy atom. The molecule has 0 saturated heterocycles. The minimum Gasteiger partial charge on any atom is -0.346 e. The van der Waals surface area contributed by atoms with Crippen LogP contribution >= 0.6 is 11.6 Å². The second-order valence-corrected chi connectivity index (χ2v) is 4.48. The Morgan fingerprint density at radius 1 is 1.32 bits per heavy atom. The van der Waals surface area contributed by atoms with E-state index < -0.39 is 18.6 Å². The van der Waals surface area contributed by atoms with Crippen LogP contribution in [0, 0.1) is 0 Å². The molecule has 0 aliphatic heterocycles. The molecule has 19 heavy (non-hydrogen) atoms. The van der Waals surface area contributed by atoms with Crippen LogP contribution in [0.3, 0.4) is 0 Å². The van der Waals surface area contributed by atoms with Crippen LogP contribution in [-0.2, 0) is 4.79 Å². The molecule has 3 nitrogen and oxygen atoms in total. The van der Waals surface area contributed by atoms with Gasteiger partial charge in [0.1, 0.15) is 6.54 Å². The Balaban J connectivity index is 2.35. The standard InChI is InChI=1S/C12H14ClF3N2O/c1-8(9-2-4-10(13)5-3-9)17-6-11(19)18-7-12(14,15)16/h2-5,8,17H,6-7H2,1H3,(H,18,19). The highest BCUT2D eigenvalue weighted by atomic mass is 35.5. The fourth-order valence-electron chi connectivity index (χ4n) is 1.38. The first-order chi connectivity index (χ1) is 8.78. The van der Waals surface area contributed by atoms with Crippen LogP contribution in [0.25, 0.3) is 0 Å². The number of halogens is 4. The van der Waals surface area contributed by atoms with E-state index in [9.17, 15) is 18.0 Å². The van der Waals surface area contributed by atoms with Gasteiger partial charge in [0, 0.05) is 11.1 Å². The summed E-state index contributed by atoms with van der Waals surface area (Å²) in [5.41, 5.74) is 0.896. The lowest BCUT2D eigenvalue weighted by Gasteiger charge is -2.14. The van der Waals surface area contributed by atoms with Gasteiger partial charge < -0.3 is 10.6 Å². The van der Waals surface area contributed by atoms with Crippen molar-refractivity contribution in [3.05, 3.63) is 34.9 Å². The first-order valence-corrected chi connectivity index (χ1v) is 5.98. The third-order valence-electron chi connectivity index (χ3n) is 2.42. The molecule has 0 fully saturated rings. The lowest BCUT2D eigenvalue weighted by molar-refractivity contribution is -0.137. The molecule has 0 heterocycles. The molecule has 2 N–H and O–H groups in total. The van der Waals surface area contributed by atoms with Crippen molar-refractivity contribution in [1.29, 1.82) is 0 Å². The van der Waals surface area contributed by atoms with E-state index in [0.29, 0.717) is 5.02 Å². The van der Waals surface area contributed by atoms with Crippen molar-refractivity contribution in [1.82, 2.24) is 10.6 Å². The summed E-state index contributed by atoms with van der Waals surface area (Å²) < 4.78 is 35.6. The van der Waals surface area contributed by atoms with Crippen LogP contribution in [0.4, 0.5) is 13.2 Å². The predicted octanol–water partition coefficient (Wildman–Crippen LogP) is 2.67. The molecule has 1 aromatic carbocycles. The van der Waals surface area contributed by atoms with Crippen LogP contribution in [0.1, 0.15) is 18.5 Å². The maximum atomic E-state index is 11.9. The number of hydrogen-bond donors (Lipinski definition) is 2. The summed E-state index contributed by atoms with van der Waals surface area (Å²) in [5, 5.41) is 5.22. The van der Waals surface area contributed by atoms with Gasteiger partial charge in [0.05, 0.1) is 6.54 Å². The molecule has 0 aliphatic rings. The number of hydrogen-bond acceptors (Lipinski definition) is 2. The molecule has 106 valence electrons. The van der Waals surface area contributed by atoms with Gasteiger partial charge in [-0.15, -0.1) is 0 Å². The van der Waals surface area contributed by atoms with E-state index in [-0.39, 0.29) is 12.6 Å². The molecular formula is C12H14ClF3N2O. The Morgan fingerprint density at radius 3 is 2.42 bits per heavy atom. The lowest BCUT2D eigenvalue weighted by atomic mass is 10.1. The van der Waals surface area contributed by atoms with Gasteiger partial charge in [-0.2, -0.15) is 13.2 Å². The van der Waals surface area contributed by atoms with Crippen molar-refractivity contribution in [2.45, 2.75) is 19.1 Å². The summed E-state index contributed by atoms with van der Waals surface area (Å²) >= 11 is 5.74. The van der Waals surface area contributed by atoms with Gasteiger partial charge >= 0.3 is 6.18 Å². The van der Waals surface area contributed by atoms with E-state index in [0.717, 1.165) is 5.56 Å². The van der Waals surface area contributed by atoms with Gasteiger partial charge in [-0.05, 0) is 24.6 Å². The quantitative estimate of drug-likeness (QED) is 0.876. The second-order valence-electron chi connectivity index (χ2n) is 4.05. The number of nitrogens with one attached hydrogen (secondary N) is 2. The van der Waals surface area contributed by atoms with Crippen molar-refractivity contribution in [3.8, 4) is 0 Å². The zero-order valence-corrected chi connectivity index (χ0v) is 11.0. The monoisotopic (exact) mass is 294 g/mol. The molecule has 1 aromatic rings. The Bertz CT molecular complexity index is 420. The van der Waals surface area contributed by atoms with E-state index in [1.807, 2.05) is 0 Å². The van der Waals surface area contributed by atoms with Crippen LogP contribution in [0.5, 0.6) is 0 Å². The van der Waals surface area contributed by atoms with Crippen molar-refractivity contribution >= 4 is 17.5 Å². The SMILES string of the molecule is CC(NCC(=O)NCC(F)(F)F)c1ccc(Cl)cc1. The molecule has 1 rings (SSSR count). The van der Waals surface area contributed by atoms with Crippen molar-refractivity contribution in [2.24, 2.45) is 0 Å². The summed E-state index contributed by atoms with van der Waals surface area (Å²) in [6.07, 6.45) is -4.39. The largest absolute Gasteiger partial charge is 0.405 e.